The number of hydrogen-bond donors (Lipinski definition) is 2. The molecule has 0 spiro atoms. The minimum absolute atomic E-state index is 0.00156. The predicted molar refractivity (Wildman–Crippen MR) is 120 cm³/mol. The van der Waals surface area contributed by atoms with Crippen LogP contribution in [0, 0.1) is 6.92 Å². The summed E-state index contributed by atoms with van der Waals surface area (Å²) in [6.45, 7) is 1.71. The number of para-hydroxylation sites is 2. The predicted octanol–water partition coefficient (Wildman–Crippen LogP) is 4.05. The molecule has 1 heterocycles. The van der Waals surface area contributed by atoms with Gasteiger partial charge in [0.2, 0.25) is 5.91 Å². The Morgan fingerprint density at radius 3 is 2.39 bits per heavy atom. The number of rotatable bonds is 5. The molecule has 0 aliphatic heterocycles. The topological polar surface area (TPSA) is 102 Å². The molecular weight excluding hydrogens is 392 g/mol. The smallest absolute Gasteiger partial charge is 0.259 e. The molecule has 0 bridgehead atoms. The largest absolute Gasteiger partial charge is 0.455 e. The summed E-state index contributed by atoms with van der Waals surface area (Å²) in [7, 11) is 0. The van der Waals surface area contributed by atoms with Crippen LogP contribution in [0.2, 0.25) is 0 Å². The number of fused-ring (bicyclic) bond motifs is 1. The van der Waals surface area contributed by atoms with E-state index in [0.717, 1.165) is 5.56 Å². The van der Waals surface area contributed by atoms with E-state index in [4.69, 9.17) is 10.2 Å². The molecule has 0 fully saturated rings. The van der Waals surface area contributed by atoms with Gasteiger partial charge in [0.25, 0.3) is 5.91 Å². The Kier molecular flexibility index (Phi) is 5.37. The van der Waals surface area contributed by atoms with Crippen LogP contribution in [0.1, 0.15) is 21.5 Å². The number of anilines is 1. The van der Waals surface area contributed by atoms with Gasteiger partial charge in [-0.1, -0.05) is 54.6 Å². The molecule has 1 aromatic heterocycles. The maximum atomic E-state index is 13.1. The van der Waals surface area contributed by atoms with E-state index in [2.05, 4.69) is 5.32 Å². The lowest BCUT2D eigenvalue weighted by molar-refractivity contribution is -0.117. The molecule has 31 heavy (non-hydrogen) atoms. The number of benzene rings is 3. The summed E-state index contributed by atoms with van der Waals surface area (Å²) in [6.07, 6.45) is -0.00156. The van der Waals surface area contributed by atoms with E-state index < -0.39 is 11.8 Å². The summed E-state index contributed by atoms with van der Waals surface area (Å²) in [5.74, 6) is -0.526. The van der Waals surface area contributed by atoms with Crippen LogP contribution < -0.4 is 16.5 Å². The molecule has 0 aliphatic carbocycles. The monoisotopic (exact) mass is 412 g/mol. The highest BCUT2D eigenvalue weighted by Crippen LogP contribution is 2.28. The van der Waals surface area contributed by atoms with E-state index >= 15 is 0 Å². The molecule has 0 atom stereocenters. The van der Waals surface area contributed by atoms with Gasteiger partial charge in [-0.25, -0.2) is 0 Å². The Morgan fingerprint density at radius 1 is 0.935 bits per heavy atom. The maximum absolute atomic E-state index is 13.1. The zero-order valence-electron chi connectivity index (χ0n) is 16.8. The van der Waals surface area contributed by atoms with Gasteiger partial charge >= 0.3 is 0 Å². The summed E-state index contributed by atoms with van der Waals surface area (Å²) in [4.78, 5) is 37.5. The Hall–Kier alpha value is -4.19. The van der Waals surface area contributed by atoms with Crippen LogP contribution >= 0.6 is 0 Å². The summed E-state index contributed by atoms with van der Waals surface area (Å²) in [5.41, 5.74) is 7.85. The van der Waals surface area contributed by atoms with Crippen LogP contribution in [-0.4, -0.2) is 11.8 Å². The molecule has 0 aliphatic rings. The number of nitrogens with one attached hydrogen (secondary N) is 1. The molecule has 3 N–H and O–H groups in total. The van der Waals surface area contributed by atoms with Crippen LogP contribution in [0.25, 0.3) is 22.3 Å². The molecule has 4 aromatic rings. The molecule has 3 aromatic carbocycles. The highest BCUT2D eigenvalue weighted by molar-refractivity contribution is 6.11. The van der Waals surface area contributed by atoms with Gasteiger partial charge in [0, 0.05) is 16.8 Å². The average Bonchev–Trinajstić information content (AvgIpc) is 2.77. The van der Waals surface area contributed by atoms with Crippen molar-refractivity contribution in [1.82, 2.24) is 0 Å². The van der Waals surface area contributed by atoms with E-state index in [-0.39, 0.29) is 23.0 Å². The summed E-state index contributed by atoms with van der Waals surface area (Å²) >= 11 is 0. The van der Waals surface area contributed by atoms with Crippen LogP contribution in [0.3, 0.4) is 0 Å². The molecule has 6 heteroatoms. The zero-order valence-corrected chi connectivity index (χ0v) is 16.8. The first-order valence-electron chi connectivity index (χ1n) is 9.75. The first-order valence-corrected chi connectivity index (χ1v) is 9.75. The third-order valence-corrected chi connectivity index (χ3v) is 5.06. The fourth-order valence-corrected chi connectivity index (χ4v) is 3.53. The quantitative estimate of drug-likeness (QED) is 0.516. The molecule has 2 amide bonds. The number of amides is 2. The molecular formula is C25H20N2O4. The van der Waals surface area contributed by atoms with Crippen molar-refractivity contribution < 1.29 is 14.0 Å². The van der Waals surface area contributed by atoms with Gasteiger partial charge < -0.3 is 15.5 Å². The highest BCUT2D eigenvalue weighted by atomic mass is 16.3. The van der Waals surface area contributed by atoms with Gasteiger partial charge in [-0.05, 0) is 30.7 Å². The van der Waals surface area contributed by atoms with Gasteiger partial charge in [0.05, 0.1) is 17.4 Å². The van der Waals surface area contributed by atoms with Gasteiger partial charge in [0.15, 0.2) is 11.0 Å². The fourth-order valence-electron chi connectivity index (χ4n) is 3.53. The van der Waals surface area contributed by atoms with E-state index in [1.807, 2.05) is 30.3 Å². The molecule has 154 valence electrons. The van der Waals surface area contributed by atoms with Crippen LogP contribution in [0.5, 0.6) is 0 Å². The average molecular weight is 412 g/mol. The van der Waals surface area contributed by atoms with E-state index in [1.54, 1.807) is 49.4 Å². The Labute approximate surface area is 178 Å². The highest BCUT2D eigenvalue weighted by Gasteiger charge is 2.19. The summed E-state index contributed by atoms with van der Waals surface area (Å²) < 4.78 is 6.11. The molecule has 0 saturated heterocycles. The first-order chi connectivity index (χ1) is 15.0. The lowest BCUT2D eigenvalue weighted by atomic mass is 10.0. The van der Waals surface area contributed by atoms with Crippen molar-refractivity contribution in [3.8, 4) is 11.3 Å². The van der Waals surface area contributed by atoms with Crippen molar-refractivity contribution >= 4 is 28.5 Å². The zero-order chi connectivity index (χ0) is 22.0. The van der Waals surface area contributed by atoms with E-state index in [0.29, 0.717) is 28.0 Å². The second-order valence-electron chi connectivity index (χ2n) is 7.19. The molecule has 4 rings (SSSR count). The minimum Gasteiger partial charge on any atom is -0.455 e. The summed E-state index contributed by atoms with van der Waals surface area (Å²) in [6, 6.07) is 21.1. The van der Waals surface area contributed by atoms with E-state index in [9.17, 15) is 14.4 Å². The van der Waals surface area contributed by atoms with Crippen LogP contribution in [-0.2, 0) is 11.2 Å². The van der Waals surface area contributed by atoms with Crippen molar-refractivity contribution in [1.29, 1.82) is 0 Å². The van der Waals surface area contributed by atoms with Crippen LogP contribution in [0.4, 0.5) is 5.69 Å². The van der Waals surface area contributed by atoms with Crippen molar-refractivity contribution in [2.45, 2.75) is 13.3 Å². The van der Waals surface area contributed by atoms with Gasteiger partial charge in [-0.15, -0.1) is 0 Å². The van der Waals surface area contributed by atoms with Gasteiger partial charge in [0.1, 0.15) is 5.76 Å². The Bertz CT molecular complexity index is 1360. The van der Waals surface area contributed by atoms with Gasteiger partial charge in [-0.2, -0.15) is 0 Å². The third kappa shape index (κ3) is 3.96. The lowest BCUT2D eigenvalue weighted by Crippen LogP contribution is -2.18. The van der Waals surface area contributed by atoms with E-state index in [1.165, 1.54) is 0 Å². The second-order valence-corrected chi connectivity index (χ2v) is 7.19. The van der Waals surface area contributed by atoms with Crippen molar-refractivity contribution in [3.63, 3.8) is 0 Å². The number of hydrogen-bond acceptors (Lipinski definition) is 4. The molecule has 0 unspecified atom stereocenters. The molecule has 6 nitrogen and oxygen atoms in total. The normalized spacial score (nSPS) is 10.7. The standard InChI is InChI=1S/C25H20N2O4/c1-15-22(29)18-11-7-12-19(24(18)31-23(15)16-8-3-2-4-9-16)25(30)27-20-13-6-5-10-17(20)14-21(26)28/h2-13H,14H2,1H3,(H2,26,28)(H,27,30). The number of primary amides is 1. The number of nitrogens with two attached hydrogens (primary N) is 1. The Balaban J connectivity index is 1.82. The van der Waals surface area contributed by atoms with Crippen LogP contribution in [0.15, 0.2) is 82.0 Å². The minimum atomic E-state index is -0.499. The molecule has 0 saturated carbocycles. The summed E-state index contributed by atoms with van der Waals surface area (Å²) in [5, 5.41) is 3.14. The molecule has 0 radical (unpaired) electrons. The number of carbonyl (C=O) groups excluding carboxylic acids is 2. The second kappa shape index (κ2) is 8.28. The Morgan fingerprint density at radius 2 is 1.65 bits per heavy atom. The SMILES string of the molecule is Cc1c(-c2ccccc2)oc2c(C(=O)Nc3ccccc3CC(N)=O)cccc2c1=O. The fraction of sp³-hybridized carbons (Fsp3) is 0.0800. The number of carbonyl (C=O) groups is 2. The van der Waals surface area contributed by atoms with Gasteiger partial charge in [-0.3, -0.25) is 14.4 Å². The van der Waals surface area contributed by atoms with Crippen molar-refractivity contribution in [2.75, 3.05) is 5.32 Å². The third-order valence-electron chi connectivity index (χ3n) is 5.06. The first kappa shape index (κ1) is 20.1. The van der Waals surface area contributed by atoms with Crippen molar-refractivity contribution in [2.24, 2.45) is 5.73 Å². The van der Waals surface area contributed by atoms with Crippen molar-refractivity contribution in [3.05, 3.63) is 99.7 Å². The lowest BCUT2D eigenvalue weighted by Gasteiger charge is -2.12. The maximum Gasteiger partial charge on any atom is 0.259 e.